The minimum absolute atomic E-state index is 0.925. The van der Waals surface area contributed by atoms with E-state index in [2.05, 4.69) is 33.2 Å². The fourth-order valence-corrected chi connectivity index (χ4v) is 2.74. The lowest BCUT2D eigenvalue weighted by Gasteiger charge is -2.26. The molecule has 94 valence electrons. The average Bonchev–Trinajstić information content (AvgIpc) is 2.34. The highest BCUT2D eigenvalue weighted by Gasteiger charge is 2.17. The van der Waals surface area contributed by atoms with Crippen molar-refractivity contribution in [2.24, 2.45) is 11.8 Å². The van der Waals surface area contributed by atoms with Crippen molar-refractivity contribution in [2.75, 3.05) is 11.9 Å². The molecule has 2 rings (SSSR count). The second-order valence-electron chi connectivity index (χ2n) is 5.20. The lowest BCUT2D eigenvalue weighted by atomic mass is 9.81. The summed E-state index contributed by atoms with van der Waals surface area (Å²) >= 11 is 3.39. The molecule has 1 aliphatic rings. The summed E-state index contributed by atoms with van der Waals surface area (Å²) in [6.07, 6.45) is 8.78. The van der Waals surface area contributed by atoms with Gasteiger partial charge in [0.05, 0.1) is 0 Å². The number of halogens is 1. The molecule has 0 atom stereocenters. The Bertz CT molecular complexity index is 329. The maximum Gasteiger partial charge on any atom is 0.125 e. The van der Waals surface area contributed by atoms with Gasteiger partial charge in [-0.3, -0.25) is 0 Å². The highest BCUT2D eigenvalue weighted by molar-refractivity contribution is 9.10. The summed E-state index contributed by atoms with van der Waals surface area (Å²) in [6, 6.07) is 4.05. The number of nitrogens with zero attached hydrogens (tertiary/aromatic N) is 1. The SMILES string of the molecule is CC1CCC(CCNc2ccc(Br)cn2)CC1. The molecule has 2 nitrogen and oxygen atoms in total. The lowest BCUT2D eigenvalue weighted by molar-refractivity contribution is 0.282. The predicted octanol–water partition coefficient (Wildman–Crippen LogP) is 4.47. The van der Waals surface area contributed by atoms with Gasteiger partial charge in [0.15, 0.2) is 0 Å². The second-order valence-corrected chi connectivity index (χ2v) is 6.12. The van der Waals surface area contributed by atoms with Crippen molar-refractivity contribution in [1.82, 2.24) is 4.98 Å². The number of rotatable bonds is 4. The molecule has 3 heteroatoms. The molecule has 0 aliphatic heterocycles. The van der Waals surface area contributed by atoms with Crippen LogP contribution < -0.4 is 5.32 Å². The lowest BCUT2D eigenvalue weighted by Crippen LogP contribution is -2.16. The van der Waals surface area contributed by atoms with E-state index < -0.39 is 0 Å². The van der Waals surface area contributed by atoms with E-state index in [4.69, 9.17) is 0 Å². The monoisotopic (exact) mass is 296 g/mol. The van der Waals surface area contributed by atoms with Crippen LogP contribution in [0.5, 0.6) is 0 Å². The summed E-state index contributed by atoms with van der Waals surface area (Å²) in [5.74, 6) is 2.86. The van der Waals surface area contributed by atoms with Crippen molar-refractivity contribution in [3.63, 3.8) is 0 Å². The zero-order chi connectivity index (χ0) is 12.1. The molecule has 1 aromatic rings. The average molecular weight is 297 g/mol. The first-order chi connectivity index (χ1) is 8.24. The zero-order valence-electron chi connectivity index (χ0n) is 10.5. The van der Waals surface area contributed by atoms with Crippen LogP contribution in [0.15, 0.2) is 22.8 Å². The minimum atomic E-state index is 0.925. The highest BCUT2D eigenvalue weighted by atomic mass is 79.9. The first kappa shape index (κ1) is 12.9. The number of pyridine rings is 1. The molecule has 1 aliphatic carbocycles. The molecule has 1 fully saturated rings. The predicted molar refractivity (Wildman–Crippen MR) is 76.2 cm³/mol. The number of hydrogen-bond acceptors (Lipinski definition) is 2. The first-order valence-corrected chi connectivity index (χ1v) is 7.39. The standard InChI is InChI=1S/C14H21BrN2/c1-11-2-4-12(5-3-11)8-9-16-14-7-6-13(15)10-17-14/h6-7,10-12H,2-5,8-9H2,1H3,(H,16,17). The van der Waals surface area contributed by atoms with Crippen LogP contribution in [0.3, 0.4) is 0 Å². The number of nitrogens with one attached hydrogen (secondary N) is 1. The molecule has 0 amide bonds. The molecule has 1 saturated carbocycles. The topological polar surface area (TPSA) is 24.9 Å². The summed E-state index contributed by atoms with van der Waals surface area (Å²) in [7, 11) is 0. The van der Waals surface area contributed by atoms with Crippen LogP contribution in [0, 0.1) is 11.8 Å². The van der Waals surface area contributed by atoms with Gasteiger partial charge in [0.25, 0.3) is 0 Å². The van der Waals surface area contributed by atoms with Crippen LogP contribution in [0.2, 0.25) is 0 Å². The molecule has 0 bridgehead atoms. The molecule has 0 spiro atoms. The number of hydrogen-bond donors (Lipinski definition) is 1. The first-order valence-electron chi connectivity index (χ1n) is 6.59. The van der Waals surface area contributed by atoms with E-state index in [1.165, 1.54) is 32.1 Å². The Kier molecular flexibility index (Phi) is 4.84. The Labute approximate surface area is 112 Å². The minimum Gasteiger partial charge on any atom is -0.370 e. The fourth-order valence-electron chi connectivity index (χ4n) is 2.50. The Morgan fingerprint density at radius 2 is 2.06 bits per heavy atom. The summed E-state index contributed by atoms with van der Waals surface area (Å²) in [5.41, 5.74) is 0. The van der Waals surface area contributed by atoms with Gasteiger partial charge < -0.3 is 5.32 Å². The van der Waals surface area contributed by atoms with Gasteiger partial charge in [-0.1, -0.05) is 32.6 Å². The smallest absolute Gasteiger partial charge is 0.125 e. The Morgan fingerprint density at radius 3 is 2.71 bits per heavy atom. The Morgan fingerprint density at radius 1 is 1.29 bits per heavy atom. The van der Waals surface area contributed by atoms with Crippen molar-refractivity contribution in [2.45, 2.75) is 39.0 Å². The second kappa shape index (κ2) is 6.39. The van der Waals surface area contributed by atoms with Crippen molar-refractivity contribution in [3.8, 4) is 0 Å². The summed E-state index contributed by atoms with van der Waals surface area (Å²) in [5, 5.41) is 3.40. The van der Waals surface area contributed by atoms with Crippen molar-refractivity contribution in [3.05, 3.63) is 22.8 Å². The van der Waals surface area contributed by atoms with Crippen molar-refractivity contribution < 1.29 is 0 Å². The van der Waals surface area contributed by atoms with E-state index in [9.17, 15) is 0 Å². The molecular formula is C14H21BrN2. The van der Waals surface area contributed by atoms with Crippen LogP contribution in [-0.2, 0) is 0 Å². The molecule has 1 aromatic heterocycles. The van der Waals surface area contributed by atoms with Gasteiger partial charge in [0.1, 0.15) is 5.82 Å². The van der Waals surface area contributed by atoms with Crippen LogP contribution >= 0.6 is 15.9 Å². The van der Waals surface area contributed by atoms with Gasteiger partial charge in [0.2, 0.25) is 0 Å². The molecule has 0 unspecified atom stereocenters. The van der Waals surface area contributed by atoms with E-state index in [0.29, 0.717) is 0 Å². The molecule has 17 heavy (non-hydrogen) atoms. The van der Waals surface area contributed by atoms with Crippen LogP contribution in [0.4, 0.5) is 5.82 Å². The Hall–Kier alpha value is -0.570. The number of anilines is 1. The molecule has 1 heterocycles. The van der Waals surface area contributed by atoms with Gasteiger partial charge in [-0.2, -0.15) is 0 Å². The molecule has 1 N–H and O–H groups in total. The third-order valence-electron chi connectivity index (χ3n) is 3.72. The van der Waals surface area contributed by atoms with Gasteiger partial charge in [-0.15, -0.1) is 0 Å². The van der Waals surface area contributed by atoms with E-state index in [1.807, 2.05) is 18.3 Å². The van der Waals surface area contributed by atoms with E-state index in [-0.39, 0.29) is 0 Å². The number of aromatic nitrogens is 1. The zero-order valence-corrected chi connectivity index (χ0v) is 12.0. The molecule has 0 saturated heterocycles. The summed E-state index contributed by atoms with van der Waals surface area (Å²) < 4.78 is 1.03. The van der Waals surface area contributed by atoms with Crippen LogP contribution in [-0.4, -0.2) is 11.5 Å². The van der Waals surface area contributed by atoms with Gasteiger partial charge in [-0.05, 0) is 46.3 Å². The van der Waals surface area contributed by atoms with Crippen LogP contribution in [0.25, 0.3) is 0 Å². The third kappa shape index (κ3) is 4.30. The summed E-state index contributed by atoms with van der Waals surface area (Å²) in [4.78, 5) is 4.31. The van der Waals surface area contributed by atoms with Crippen molar-refractivity contribution in [1.29, 1.82) is 0 Å². The third-order valence-corrected chi connectivity index (χ3v) is 4.19. The van der Waals surface area contributed by atoms with E-state index in [0.717, 1.165) is 28.7 Å². The summed E-state index contributed by atoms with van der Waals surface area (Å²) in [6.45, 7) is 3.42. The molecule has 0 radical (unpaired) electrons. The fraction of sp³-hybridized carbons (Fsp3) is 0.643. The van der Waals surface area contributed by atoms with Gasteiger partial charge >= 0.3 is 0 Å². The molecule has 0 aromatic carbocycles. The normalized spacial score (nSPS) is 24.6. The maximum absolute atomic E-state index is 4.31. The van der Waals surface area contributed by atoms with Crippen LogP contribution in [0.1, 0.15) is 39.0 Å². The highest BCUT2D eigenvalue weighted by Crippen LogP contribution is 2.30. The molecular weight excluding hydrogens is 276 g/mol. The Balaban J connectivity index is 1.67. The van der Waals surface area contributed by atoms with E-state index >= 15 is 0 Å². The van der Waals surface area contributed by atoms with Gasteiger partial charge in [0, 0.05) is 17.2 Å². The van der Waals surface area contributed by atoms with E-state index in [1.54, 1.807) is 0 Å². The largest absolute Gasteiger partial charge is 0.370 e. The van der Waals surface area contributed by atoms with Gasteiger partial charge in [-0.25, -0.2) is 4.98 Å². The van der Waals surface area contributed by atoms with Crippen molar-refractivity contribution >= 4 is 21.7 Å². The quantitative estimate of drug-likeness (QED) is 0.886. The maximum atomic E-state index is 4.31.